The molecule has 0 bridgehead atoms. The van der Waals surface area contributed by atoms with Gasteiger partial charge < -0.3 is 79.7 Å². The fourth-order valence-electron chi connectivity index (χ4n) is 12.2. The average Bonchev–Trinajstić information content (AvgIpc) is 3.44. The standard InChI is InChI=1S/C47H108F2O18Si8/c1-44-42-45(26-40-68(28-20-34-70(50-2,51-3)52-4,29-21-35-71(53-5,54-6)55-7)30-22-36-72(56-8,57-9)58-10)47(48,49)46(43-44)27-41-69(31-23-37-73(59-11,60-12)61-13,32-24-38-74(62-14,63-15)64-16)33-25-39-75(65-17,66-18)67-19/h44-46H,20-43H2,1-19H3. The molecule has 75 heavy (non-hydrogen) atoms. The molecule has 1 fully saturated rings. The second kappa shape index (κ2) is 36.5. The van der Waals surface area contributed by atoms with E-state index in [1.807, 2.05) is 0 Å². The highest BCUT2D eigenvalue weighted by Crippen LogP contribution is 2.52. The molecule has 1 rings (SSSR count). The van der Waals surface area contributed by atoms with E-state index >= 15 is 8.78 Å². The predicted octanol–water partition coefficient (Wildman–Crippen LogP) is 10.6. The van der Waals surface area contributed by atoms with Crippen LogP contribution in [0.25, 0.3) is 0 Å². The first kappa shape index (κ1) is 73.9. The molecule has 0 aliphatic heterocycles. The lowest BCUT2D eigenvalue weighted by atomic mass is 9.71. The Morgan fingerprint density at radius 2 is 0.440 bits per heavy atom. The van der Waals surface area contributed by atoms with Gasteiger partial charge in [-0.15, -0.1) is 0 Å². The molecule has 0 spiro atoms. The van der Waals surface area contributed by atoms with Gasteiger partial charge >= 0.3 is 52.8 Å². The van der Waals surface area contributed by atoms with Crippen molar-refractivity contribution in [2.75, 3.05) is 128 Å². The van der Waals surface area contributed by atoms with E-state index in [9.17, 15) is 0 Å². The molecule has 0 amide bonds. The highest BCUT2D eigenvalue weighted by Gasteiger charge is 2.53. The summed E-state index contributed by atoms with van der Waals surface area (Å²) in [4.78, 5) is 0. The third kappa shape index (κ3) is 21.9. The van der Waals surface area contributed by atoms with Crippen molar-refractivity contribution in [3.05, 3.63) is 0 Å². The molecular weight excluding hydrogens is 1120 g/mol. The molecule has 18 nitrogen and oxygen atoms in total. The van der Waals surface area contributed by atoms with Gasteiger partial charge in [0, 0.05) is 176 Å². The minimum Gasteiger partial charge on any atom is -0.377 e. The summed E-state index contributed by atoms with van der Waals surface area (Å²) in [5, 5.41) is 0. The fraction of sp³-hybridized carbons (Fsp3) is 1.00. The summed E-state index contributed by atoms with van der Waals surface area (Å²) < 4.78 is 142. The Bertz CT molecular complexity index is 1190. The summed E-state index contributed by atoms with van der Waals surface area (Å²) in [6, 6.07) is 10.6. The lowest BCUT2D eigenvalue weighted by Gasteiger charge is -2.44. The van der Waals surface area contributed by atoms with E-state index in [0.29, 0.717) is 61.9 Å². The van der Waals surface area contributed by atoms with Crippen LogP contribution >= 0.6 is 0 Å². The normalized spacial score (nSPS) is 18.6. The maximum absolute atomic E-state index is 17.9. The van der Waals surface area contributed by atoms with Crippen LogP contribution in [0.2, 0.25) is 84.6 Å². The molecule has 1 aliphatic carbocycles. The Hall–Kier alpha value is 0.875. The Kier molecular flexibility index (Phi) is 35.9. The molecule has 0 heterocycles. The van der Waals surface area contributed by atoms with Gasteiger partial charge in [0.05, 0.1) is 16.1 Å². The number of hydrogen-bond donors (Lipinski definition) is 0. The second-order valence-corrected chi connectivity index (χ2v) is 49.2. The third-order valence-electron chi connectivity index (χ3n) is 17.2. The molecular formula is C47H108F2O18Si8. The van der Waals surface area contributed by atoms with Crippen LogP contribution in [0.1, 0.15) is 71.1 Å². The van der Waals surface area contributed by atoms with E-state index in [-0.39, 0.29) is 5.92 Å². The molecule has 0 saturated heterocycles. The number of alkyl halides is 2. The molecule has 0 aromatic heterocycles. The summed E-state index contributed by atoms with van der Waals surface area (Å²) >= 11 is 0. The van der Waals surface area contributed by atoms with Crippen molar-refractivity contribution in [3.8, 4) is 0 Å². The van der Waals surface area contributed by atoms with Crippen molar-refractivity contribution in [3.63, 3.8) is 0 Å². The largest absolute Gasteiger partial charge is 0.500 e. The van der Waals surface area contributed by atoms with Crippen LogP contribution in [0.5, 0.6) is 0 Å². The minimum absolute atomic E-state index is 0.141. The van der Waals surface area contributed by atoms with Crippen molar-refractivity contribution in [1.29, 1.82) is 0 Å². The van der Waals surface area contributed by atoms with Crippen LogP contribution in [0.15, 0.2) is 0 Å². The lowest BCUT2D eigenvalue weighted by molar-refractivity contribution is -0.144. The van der Waals surface area contributed by atoms with E-state index in [2.05, 4.69) is 6.92 Å². The molecule has 450 valence electrons. The summed E-state index contributed by atoms with van der Waals surface area (Å²) in [6.45, 7) is 2.17. The van der Waals surface area contributed by atoms with Crippen molar-refractivity contribution >= 4 is 69.0 Å². The van der Waals surface area contributed by atoms with Crippen molar-refractivity contribution < 1.29 is 88.4 Å². The van der Waals surface area contributed by atoms with Gasteiger partial charge in [0.2, 0.25) is 0 Å². The first-order chi connectivity index (χ1) is 35.6. The van der Waals surface area contributed by atoms with Gasteiger partial charge in [-0.25, -0.2) is 8.78 Å². The molecule has 1 aliphatic rings. The smallest absolute Gasteiger partial charge is 0.377 e. The summed E-state index contributed by atoms with van der Waals surface area (Å²) in [5.41, 5.74) is 0. The molecule has 2 atom stereocenters. The van der Waals surface area contributed by atoms with Crippen LogP contribution in [0.3, 0.4) is 0 Å². The number of hydrogen-bond acceptors (Lipinski definition) is 18. The zero-order valence-electron chi connectivity index (χ0n) is 50.3. The lowest BCUT2D eigenvalue weighted by Crippen LogP contribution is -2.47. The monoisotopic (exact) mass is 1220 g/mol. The molecule has 28 heteroatoms. The highest BCUT2D eigenvalue weighted by molar-refractivity contribution is 6.81. The average molecular weight is 1220 g/mol. The van der Waals surface area contributed by atoms with E-state index in [1.54, 1.807) is 128 Å². The Balaban J connectivity index is 3.90. The van der Waals surface area contributed by atoms with E-state index < -0.39 is 86.7 Å². The number of halogens is 2. The predicted molar refractivity (Wildman–Crippen MR) is 307 cm³/mol. The van der Waals surface area contributed by atoms with E-state index in [1.165, 1.54) is 0 Å². The van der Waals surface area contributed by atoms with Crippen molar-refractivity contribution in [1.82, 2.24) is 0 Å². The Morgan fingerprint density at radius 1 is 0.280 bits per heavy atom. The molecule has 2 unspecified atom stereocenters. The van der Waals surface area contributed by atoms with Crippen LogP contribution in [0, 0.1) is 17.8 Å². The van der Waals surface area contributed by atoms with Crippen molar-refractivity contribution in [2.45, 2.75) is 162 Å². The molecule has 0 aromatic carbocycles. The molecule has 0 aromatic rings. The third-order valence-corrected chi connectivity index (χ3v) is 45.4. The maximum atomic E-state index is 17.9. The summed E-state index contributed by atoms with van der Waals surface area (Å²) in [6.07, 6.45) is 6.59. The van der Waals surface area contributed by atoms with Gasteiger partial charge in [0.25, 0.3) is 5.92 Å². The summed E-state index contributed by atoms with van der Waals surface area (Å²) in [7, 11) is 7.10. The summed E-state index contributed by atoms with van der Waals surface area (Å²) in [5.74, 6) is -4.26. The van der Waals surface area contributed by atoms with Gasteiger partial charge in [-0.3, -0.25) is 0 Å². The first-order valence-corrected chi connectivity index (χ1v) is 44.2. The molecule has 0 radical (unpaired) electrons. The van der Waals surface area contributed by atoms with Gasteiger partial charge in [-0.05, 0) is 31.6 Å². The van der Waals surface area contributed by atoms with Crippen LogP contribution in [-0.4, -0.2) is 203 Å². The van der Waals surface area contributed by atoms with E-state index in [4.69, 9.17) is 79.7 Å². The number of rotatable bonds is 48. The highest BCUT2D eigenvalue weighted by atomic mass is 28.4. The van der Waals surface area contributed by atoms with Crippen LogP contribution in [0.4, 0.5) is 8.78 Å². The van der Waals surface area contributed by atoms with Crippen LogP contribution in [-0.2, 0) is 79.7 Å². The Morgan fingerprint density at radius 3 is 0.587 bits per heavy atom. The first-order valence-electron chi connectivity index (χ1n) is 27.0. The Labute approximate surface area is 462 Å². The van der Waals surface area contributed by atoms with Crippen LogP contribution < -0.4 is 0 Å². The minimum atomic E-state index is -2.92. The van der Waals surface area contributed by atoms with Gasteiger partial charge in [-0.1, -0.05) is 93.8 Å². The SMILES string of the molecule is CO[Si](CCC[Si](CCC[Si](OC)(OC)OC)(CCC[Si](OC)(OC)OC)CCC1CC(C)CC(CC[Si](CCC[Si](OC)(OC)OC)(CCC[Si](OC)(OC)OC)CCC[Si](OC)(OC)OC)C1(F)F)(OC)OC. The second-order valence-electron chi connectivity index (χ2n) is 20.6. The topological polar surface area (TPSA) is 166 Å². The molecule has 0 N–H and O–H groups in total. The van der Waals surface area contributed by atoms with Gasteiger partial charge in [-0.2, -0.15) is 0 Å². The van der Waals surface area contributed by atoms with E-state index in [0.717, 1.165) is 86.9 Å². The van der Waals surface area contributed by atoms with Gasteiger partial charge in [0.1, 0.15) is 0 Å². The van der Waals surface area contributed by atoms with Gasteiger partial charge in [0.15, 0.2) is 0 Å². The zero-order chi connectivity index (χ0) is 56.9. The molecule has 1 saturated carbocycles. The van der Waals surface area contributed by atoms with Crippen molar-refractivity contribution in [2.24, 2.45) is 17.8 Å². The quantitative estimate of drug-likeness (QED) is 0.0528. The maximum Gasteiger partial charge on any atom is 0.500 e. The fourth-order valence-corrected chi connectivity index (χ4v) is 35.1. The zero-order valence-corrected chi connectivity index (χ0v) is 58.3.